The number of benzene rings is 2. The van der Waals surface area contributed by atoms with Gasteiger partial charge in [-0.1, -0.05) is 6.08 Å². The average Bonchev–Trinajstić information content (AvgIpc) is 2.74. The summed E-state index contributed by atoms with van der Waals surface area (Å²) < 4.78 is 52.1. The van der Waals surface area contributed by atoms with Crippen LogP contribution in [-0.4, -0.2) is 51.5 Å². The van der Waals surface area contributed by atoms with E-state index in [2.05, 4.69) is 10.6 Å². The molecule has 1 heterocycles. The Morgan fingerprint density at radius 3 is 2.10 bits per heavy atom. The second kappa shape index (κ2) is 9.68. The molecule has 0 spiro atoms. The molecule has 0 bridgehead atoms. The van der Waals surface area contributed by atoms with Crippen molar-refractivity contribution < 1.29 is 22.0 Å². The number of nitrogens with zero attached hydrogens (tertiary/aromatic N) is 2. The topological polar surface area (TPSA) is 81.8 Å². The van der Waals surface area contributed by atoms with Crippen molar-refractivity contribution in [2.75, 3.05) is 42.9 Å². The number of anilines is 2. The van der Waals surface area contributed by atoms with Crippen LogP contribution in [-0.2, 0) is 10.0 Å². The highest BCUT2D eigenvalue weighted by Crippen LogP contribution is 2.18. The molecule has 1 aliphatic heterocycles. The van der Waals surface area contributed by atoms with E-state index in [4.69, 9.17) is 0 Å². The number of hydrogen-bond acceptors (Lipinski definition) is 4. The molecule has 0 radical (unpaired) electrons. The lowest BCUT2D eigenvalue weighted by molar-refractivity contribution is 0.253. The van der Waals surface area contributed by atoms with Gasteiger partial charge in [-0.2, -0.15) is 4.31 Å². The molecule has 1 aliphatic rings. The van der Waals surface area contributed by atoms with Crippen molar-refractivity contribution in [3.05, 3.63) is 71.6 Å². The van der Waals surface area contributed by atoms with Crippen molar-refractivity contribution in [3.63, 3.8) is 0 Å². The van der Waals surface area contributed by atoms with Gasteiger partial charge in [0.2, 0.25) is 10.0 Å². The van der Waals surface area contributed by atoms with E-state index in [1.165, 1.54) is 46.8 Å². The van der Waals surface area contributed by atoms with Gasteiger partial charge >= 0.3 is 6.03 Å². The first-order valence-electron chi connectivity index (χ1n) is 9.31. The third kappa shape index (κ3) is 6.01. The molecule has 2 aromatic carbocycles. The lowest BCUT2D eigenvalue weighted by atomic mass is 10.2. The van der Waals surface area contributed by atoms with E-state index in [0.717, 1.165) is 11.1 Å². The SMILES string of the molecule is O=C(NC/C=C/S(=O)(=O)N1CCN(c2ccc(F)cc2)CC1)Nc1ccc(F)cc1. The van der Waals surface area contributed by atoms with Crippen molar-refractivity contribution in [1.82, 2.24) is 9.62 Å². The maximum absolute atomic E-state index is 13.0. The molecule has 160 valence electrons. The van der Waals surface area contributed by atoms with E-state index in [9.17, 15) is 22.0 Å². The Hall–Kier alpha value is -2.98. The van der Waals surface area contributed by atoms with Crippen molar-refractivity contribution >= 4 is 27.4 Å². The van der Waals surface area contributed by atoms with E-state index in [1.54, 1.807) is 12.1 Å². The van der Waals surface area contributed by atoms with Gasteiger partial charge in [0.1, 0.15) is 11.6 Å². The van der Waals surface area contributed by atoms with Crippen molar-refractivity contribution in [2.24, 2.45) is 0 Å². The van der Waals surface area contributed by atoms with E-state index in [1.807, 2.05) is 4.90 Å². The molecule has 2 aromatic rings. The molecule has 0 aromatic heterocycles. The van der Waals surface area contributed by atoms with Crippen LogP contribution in [0.4, 0.5) is 25.0 Å². The van der Waals surface area contributed by atoms with Gasteiger partial charge in [-0.15, -0.1) is 0 Å². The van der Waals surface area contributed by atoms with Crippen LogP contribution in [0.1, 0.15) is 0 Å². The van der Waals surface area contributed by atoms with E-state index >= 15 is 0 Å². The largest absolute Gasteiger partial charge is 0.369 e. The fraction of sp³-hybridized carbons (Fsp3) is 0.250. The van der Waals surface area contributed by atoms with Gasteiger partial charge in [0, 0.05) is 49.5 Å². The fourth-order valence-electron chi connectivity index (χ4n) is 2.97. The Labute approximate surface area is 174 Å². The number of carbonyl (C=O) groups is 1. The minimum atomic E-state index is -3.60. The first kappa shape index (κ1) is 21.7. The van der Waals surface area contributed by atoms with E-state index in [-0.39, 0.29) is 12.4 Å². The van der Waals surface area contributed by atoms with Crippen molar-refractivity contribution in [3.8, 4) is 0 Å². The molecule has 1 fully saturated rings. The lowest BCUT2D eigenvalue weighted by Crippen LogP contribution is -2.48. The summed E-state index contributed by atoms with van der Waals surface area (Å²) >= 11 is 0. The number of nitrogens with one attached hydrogen (secondary N) is 2. The predicted octanol–water partition coefficient (Wildman–Crippen LogP) is 2.75. The molecule has 0 atom stereocenters. The Kier molecular flexibility index (Phi) is 7.01. The average molecular weight is 436 g/mol. The van der Waals surface area contributed by atoms with Crippen LogP contribution in [0.25, 0.3) is 0 Å². The third-order valence-electron chi connectivity index (χ3n) is 4.54. The lowest BCUT2D eigenvalue weighted by Gasteiger charge is -2.34. The zero-order valence-electron chi connectivity index (χ0n) is 16.1. The maximum atomic E-state index is 13.0. The summed E-state index contributed by atoms with van der Waals surface area (Å²) in [5, 5.41) is 6.08. The Morgan fingerprint density at radius 2 is 1.50 bits per heavy atom. The van der Waals surface area contributed by atoms with Crippen LogP contribution in [0, 0.1) is 11.6 Å². The van der Waals surface area contributed by atoms with Gasteiger partial charge in [-0.3, -0.25) is 0 Å². The molecule has 10 heteroatoms. The Morgan fingerprint density at radius 1 is 0.933 bits per heavy atom. The van der Waals surface area contributed by atoms with Crippen LogP contribution in [0.5, 0.6) is 0 Å². The van der Waals surface area contributed by atoms with Crippen LogP contribution in [0.15, 0.2) is 60.0 Å². The highest BCUT2D eigenvalue weighted by atomic mass is 32.2. The van der Waals surface area contributed by atoms with Gasteiger partial charge in [-0.25, -0.2) is 22.0 Å². The molecule has 0 unspecified atom stereocenters. The summed E-state index contributed by atoms with van der Waals surface area (Å²) in [6.07, 6.45) is 1.35. The highest BCUT2D eigenvalue weighted by Gasteiger charge is 2.25. The molecular weight excluding hydrogens is 414 g/mol. The Bertz CT molecular complexity index is 988. The number of hydrogen-bond donors (Lipinski definition) is 2. The summed E-state index contributed by atoms with van der Waals surface area (Å²) in [5.41, 5.74) is 1.27. The molecule has 7 nitrogen and oxygen atoms in total. The molecule has 2 N–H and O–H groups in total. The standard InChI is InChI=1S/C20H22F2N4O3S/c21-16-2-6-18(7-3-16)24-20(27)23-10-1-15-30(28,29)26-13-11-25(12-14-26)19-8-4-17(22)5-9-19/h1-9,15H,10-14H2,(H2,23,24,27)/b15-1+. The predicted molar refractivity (Wildman–Crippen MR) is 112 cm³/mol. The number of rotatable bonds is 6. The van der Waals surface area contributed by atoms with Crippen LogP contribution in [0.3, 0.4) is 0 Å². The first-order valence-corrected chi connectivity index (χ1v) is 10.8. The quantitative estimate of drug-likeness (QED) is 0.730. The number of carbonyl (C=O) groups excluding carboxylic acids is 1. The van der Waals surface area contributed by atoms with Crippen molar-refractivity contribution in [2.45, 2.75) is 0 Å². The number of sulfonamides is 1. The van der Waals surface area contributed by atoms with E-state index in [0.29, 0.717) is 31.9 Å². The number of amides is 2. The number of halogens is 2. The molecule has 30 heavy (non-hydrogen) atoms. The summed E-state index contributed by atoms with van der Waals surface area (Å²) in [7, 11) is -3.60. The minimum absolute atomic E-state index is 0.0157. The zero-order chi connectivity index (χ0) is 21.6. The smallest absolute Gasteiger partial charge is 0.319 e. The molecule has 0 aliphatic carbocycles. The fourth-order valence-corrected chi connectivity index (χ4v) is 4.15. The second-order valence-corrected chi connectivity index (χ2v) is 8.44. The van der Waals surface area contributed by atoms with Gasteiger partial charge in [0.25, 0.3) is 0 Å². The molecule has 1 saturated heterocycles. The third-order valence-corrected chi connectivity index (χ3v) is 6.16. The first-order chi connectivity index (χ1) is 14.3. The molecule has 3 rings (SSSR count). The molecule has 0 saturated carbocycles. The van der Waals surface area contributed by atoms with Gasteiger partial charge in [0.05, 0.1) is 0 Å². The van der Waals surface area contributed by atoms with Crippen LogP contribution in [0.2, 0.25) is 0 Å². The van der Waals surface area contributed by atoms with Crippen molar-refractivity contribution in [1.29, 1.82) is 0 Å². The minimum Gasteiger partial charge on any atom is -0.369 e. The number of piperazine rings is 1. The number of urea groups is 1. The summed E-state index contributed by atoms with van der Waals surface area (Å²) in [6.45, 7) is 1.63. The summed E-state index contributed by atoms with van der Waals surface area (Å²) in [4.78, 5) is 13.8. The van der Waals surface area contributed by atoms with Gasteiger partial charge in [-0.05, 0) is 48.5 Å². The van der Waals surface area contributed by atoms with Gasteiger partial charge < -0.3 is 15.5 Å². The summed E-state index contributed by atoms with van der Waals surface area (Å²) in [6, 6.07) is 10.8. The van der Waals surface area contributed by atoms with Crippen LogP contribution >= 0.6 is 0 Å². The van der Waals surface area contributed by atoms with Gasteiger partial charge in [0.15, 0.2) is 0 Å². The normalized spacial score (nSPS) is 15.3. The van der Waals surface area contributed by atoms with E-state index < -0.39 is 21.9 Å². The van der Waals surface area contributed by atoms with Crippen LogP contribution < -0.4 is 15.5 Å². The highest BCUT2D eigenvalue weighted by molar-refractivity contribution is 7.92. The Balaban J connectivity index is 1.44. The summed E-state index contributed by atoms with van der Waals surface area (Å²) in [5.74, 6) is -0.724. The maximum Gasteiger partial charge on any atom is 0.319 e. The molecular formula is C20H22F2N4O3S. The molecule has 2 amide bonds. The second-order valence-electron chi connectivity index (χ2n) is 6.62. The zero-order valence-corrected chi connectivity index (χ0v) is 16.9. The monoisotopic (exact) mass is 436 g/mol.